The van der Waals surface area contributed by atoms with E-state index in [1.54, 1.807) is 11.0 Å². The van der Waals surface area contributed by atoms with Crippen molar-refractivity contribution in [3.63, 3.8) is 0 Å². The molecule has 2 saturated heterocycles. The SMILES string of the molecule is Cc1cnc(N2CCN(C(=O)c3ccc(CN4CCCS4(=O)=O)cc3F)CC2)c(C)c1. The Kier molecular flexibility index (Phi) is 5.98. The molecule has 1 aromatic carbocycles. The molecule has 1 aromatic heterocycles. The normalized spacial score (nSPS) is 19.1. The second-order valence-corrected chi connectivity index (χ2v) is 10.3. The molecule has 0 aliphatic carbocycles. The van der Waals surface area contributed by atoms with Gasteiger partial charge in [0, 0.05) is 45.5 Å². The number of benzene rings is 1. The van der Waals surface area contributed by atoms with Crippen molar-refractivity contribution >= 4 is 21.7 Å². The fraction of sp³-hybridized carbons (Fsp3) is 0.455. The van der Waals surface area contributed by atoms with E-state index in [1.165, 1.54) is 16.4 Å². The van der Waals surface area contributed by atoms with Gasteiger partial charge in [0.1, 0.15) is 11.6 Å². The maximum Gasteiger partial charge on any atom is 0.256 e. The number of pyridine rings is 1. The van der Waals surface area contributed by atoms with Gasteiger partial charge in [0.15, 0.2) is 0 Å². The van der Waals surface area contributed by atoms with E-state index in [1.807, 2.05) is 20.0 Å². The summed E-state index contributed by atoms with van der Waals surface area (Å²) in [5, 5.41) is 0. The molecule has 7 nitrogen and oxygen atoms in total. The standard InChI is InChI=1S/C22H27FN4O3S/c1-16-12-17(2)21(24-14-16)25-7-9-26(10-8-25)22(28)19-5-4-18(13-20(19)23)15-27-6-3-11-31(27,29)30/h4-5,12-14H,3,6-11,15H2,1-2H3. The molecule has 4 rings (SSSR count). The van der Waals surface area contributed by atoms with Crippen LogP contribution in [0.2, 0.25) is 0 Å². The zero-order chi connectivity index (χ0) is 22.2. The summed E-state index contributed by atoms with van der Waals surface area (Å²) in [5.74, 6) is 0.101. The zero-order valence-corrected chi connectivity index (χ0v) is 18.7. The third-order valence-corrected chi connectivity index (χ3v) is 7.78. The summed E-state index contributed by atoms with van der Waals surface area (Å²) in [6.45, 7) is 6.85. The van der Waals surface area contributed by atoms with Crippen molar-refractivity contribution in [1.29, 1.82) is 0 Å². The number of carbonyl (C=O) groups excluding carboxylic acids is 1. The number of halogens is 1. The van der Waals surface area contributed by atoms with Gasteiger partial charge in [0.25, 0.3) is 5.91 Å². The first-order valence-corrected chi connectivity index (χ1v) is 12.1. The summed E-state index contributed by atoms with van der Waals surface area (Å²) in [6, 6.07) is 6.47. The van der Waals surface area contributed by atoms with E-state index in [0.717, 1.165) is 16.9 Å². The predicted molar refractivity (Wildman–Crippen MR) is 117 cm³/mol. The molecule has 0 unspecified atom stereocenters. The lowest BCUT2D eigenvalue weighted by Crippen LogP contribution is -2.49. The average Bonchev–Trinajstić information content (AvgIpc) is 3.06. The number of piperazine rings is 1. The van der Waals surface area contributed by atoms with Crippen LogP contribution in [-0.4, -0.2) is 67.0 Å². The van der Waals surface area contributed by atoms with Crippen LogP contribution in [0.1, 0.15) is 33.5 Å². The van der Waals surface area contributed by atoms with Gasteiger partial charge in [-0.3, -0.25) is 4.79 Å². The van der Waals surface area contributed by atoms with E-state index in [0.29, 0.717) is 44.7 Å². The van der Waals surface area contributed by atoms with Crippen LogP contribution < -0.4 is 4.90 Å². The van der Waals surface area contributed by atoms with Gasteiger partial charge in [-0.05, 0) is 49.1 Å². The fourth-order valence-electron chi connectivity index (χ4n) is 4.23. The van der Waals surface area contributed by atoms with Gasteiger partial charge in [0.05, 0.1) is 11.3 Å². The van der Waals surface area contributed by atoms with Crippen LogP contribution in [0.5, 0.6) is 0 Å². The Morgan fingerprint density at radius 2 is 1.84 bits per heavy atom. The van der Waals surface area contributed by atoms with Crippen LogP contribution in [0.15, 0.2) is 30.5 Å². The van der Waals surface area contributed by atoms with Crippen molar-refractivity contribution in [3.05, 3.63) is 58.5 Å². The monoisotopic (exact) mass is 446 g/mol. The number of aryl methyl sites for hydroxylation is 2. The van der Waals surface area contributed by atoms with Crippen molar-refractivity contribution in [2.24, 2.45) is 0 Å². The molecule has 9 heteroatoms. The second-order valence-electron chi connectivity index (χ2n) is 8.25. The quantitative estimate of drug-likeness (QED) is 0.721. The summed E-state index contributed by atoms with van der Waals surface area (Å²) in [5.41, 5.74) is 2.77. The first-order valence-electron chi connectivity index (χ1n) is 10.5. The second kappa shape index (κ2) is 8.55. The fourth-order valence-corrected chi connectivity index (χ4v) is 5.74. The molecule has 166 valence electrons. The Morgan fingerprint density at radius 3 is 2.45 bits per heavy atom. The summed E-state index contributed by atoms with van der Waals surface area (Å²) in [7, 11) is -3.25. The molecule has 2 aliphatic heterocycles. The predicted octanol–water partition coefficient (Wildman–Crippen LogP) is 2.34. The topological polar surface area (TPSA) is 73.8 Å². The molecule has 2 fully saturated rings. The first-order chi connectivity index (χ1) is 14.7. The highest BCUT2D eigenvalue weighted by atomic mass is 32.2. The van der Waals surface area contributed by atoms with E-state index in [2.05, 4.69) is 16.0 Å². The van der Waals surface area contributed by atoms with E-state index >= 15 is 0 Å². The first kappa shape index (κ1) is 21.7. The average molecular weight is 447 g/mol. The highest BCUT2D eigenvalue weighted by Crippen LogP contribution is 2.22. The van der Waals surface area contributed by atoms with Gasteiger partial charge in [-0.1, -0.05) is 12.1 Å². The van der Waals surface area contributed by atoms with E-state index in [9.17, 15) is 17.6 Å². The van der Waals surface area contributed by atoms with Crippen molar-refractivity contribution < 1.29 is 17.6 Å². The summed E-state index contributed by atoms with van der Waals surface area (Å²) in [4.78, 5) is 21.2. The number of carbonyl (C=O) groups is 1. The number of anilines is 1. The van der Waals surface area contributed by atoms with Crippen LogP contribution in [0, 0.1) is 19.7 Å². The number of amides is 1. The zero-order valence-electron chi connectivity index (χ0n) is 17.8. The number of hydrogen-bond acceptors (Lipinski definition) is 5. The molecule has 0 atom stereocenters. The molecule has 1 amide bonds. The number of rotatable bonds is 4. The van der Waals surface area contributed by atoms with Gasteiger partial charge in [0.2, 0.25) is 10.0 Å². The molecule has 0 N–H and O–H groups in total. The molecule has 3 heterocycles. The maximum atomic E-state index is 14.7. The number of sulfonamides is 1. The molecular formula is C22H27FN4O3S. The van der Waals surface area contributed by atoms with Gasteiger partial charge >= 0.3 is 0 Å². The molecule has 0 saturated carbocycles. The van der Waals surface area contributed by atoms with Crippen molar-refractivity contribution in [3.8, 4) is 0 Å². The van der Waals surface area contributed by atoms with Crippen LogP contribution in [-0.2, 0) is 16.6 Å². The summed E-state index contributed by atoms with van der Waals surface area (Å²) >= 11 is 0. The lowest BCUT2D eigenvalue weighted by atomic mass is 10.1. The Balaban J connectivity index is 1.41. The molecule has 0 radical (unpaired) electrons. The minimum atomic E-state index is -3.25. The minimum absolute atomic E-state index is 0.0196. The van der Waals surface area contributed by atoms with Gasteiger partial charge in [-0.25, -0.2) is 17.8 Å². The van der Waals surface area contributed by atoms with Crippen molar-refractivity contribution in [2.45, 2.75) is 26.8 Å². The van der Waals surface area contributed by atoms with E-state index < -0.39 is 15.8 Å². The van der Waals surface area contributed by atoms with Gasteiger partial charge < -0.3 is 9.80 Å². The highest BCUT2D eigenvalue weighted by Gasteiger charge is 2.29. The number of nitrogens with zero attached hydrogens (tertiary/aromatic N) is 4. The van der Waals surface area contributed by atoms with Crippen molar-refractivity contribution in [2.75, 3.05) is 43.4 Å². The van der Waals surface area contributed by atoms with Crippen LogP contribution in [0.4, 0.5) is 10.2 Å². The summed E-state index contributed by atoms with van der Waals surface area (Å²) in [6.07, 6.45) is 2.43. The largest absolute Gasteiger partial charge is 0.353 e. The molecule has 0 bridgehead atoms. The summed E-state index contributed by atoms with van der Waals surface area (Å²) < 4.78 is 40.0. The smallest absolute Gasteiger partial charge is 0.256 e. The number of hydrogen-bond donors (Lipinski definition) is 0. The van der Waals surface area contributed by atoms with E-state index in [-0.39, 0.29) is 23.8 Å². The molecule has 0 spiro atoms. The lowest BCUT2D eigenvalue weighted by molar-refractivity contribution is 0.0741. The lowest BCUT2D eigenvalue weighted by Gasteiger charge is -2.36. The van der Waals surface area contributed by atoms with Gasteiger partial charge in [-0.2, -0.15) is 4.31 Å². The minimum Gasteiger partial charge on any atom is -0.353 e. The molecular weight excluding hydrogens is 419 g/mol. The number of aromatic nitrogens is 1. The Morgan fingerprint density at radius 1 is 1.10 bits per heavy atom. The van der Waals surface area contributed by atoms with Crippen molar-refractivity contribution in [1.82, 2.24) is 14.2 Å². The van der Waals surface area contributed by atoms with Crippen LogP contribution in [0.3, 0.4) is 0 Å². The van der Waals surface area contributed by atoms with Gasteiger partial charge in [-0.15, -0.1) is 0 Å². The molecule has 31 heavy (non-hydrogen) atoms. The Hall–Kier alpha value is -2.52. The third-order valence-electron chi connectivity index (χ3n) is 5.88. The van der Waals surface area contributed by atoms with Crippen LogP contribution >= 0.6 is 0 Å². The Labute approximate surface area is 182 Å². The highest BCUT2D eigenvalue weighted by molar-refractivity contribution is 7.89. The third kappa shape index (κ3) is 4.57. The van der Waals surface area contributed by atoms with E-state index in [4.69, 9.17) is 0 Å². The maximum absolute atomic E-state index is 14.7. The molecule has 2 aliphatic rings. The Bertz CT molecular complexity index is 1100. The van der Waals surface area contributed by atoms with Crippen LogP contribution in [0.25, 0.3) is 0 Å². The molecule has 2 aromatic rings.